The number of benzene rings is 1. The van der Waals surface area contributed by atoms with Crippen molar-refractivity contribution in [3.05, 3.63) is 35.3 Å². The minimum Gasteiger partial charge on any atom is -0.394 e. The van der Waals surface area contributed by atoms with Crippen LogP contribution in [0.3, 0.4) is 0 Å². The summed E-state index contributed by atoms with van der Waals surface area (Å²) in [4.78, 5) is 3.30. The molecule has 4 heteroatoms. The second-order valence-electron chi connectivity index (χ2n) is 4.97. The van der Waals surface area contributed by atoms with E-state index >= 15 is 0 Å². The van der Waals surface area contributed by atoms with Gasteiger partial charge in [-0.25, -0.2) is 4.39 Å². The van der Waals surface area contributed by atoms with Gasteiger partial charge in [-0.3, -0.25) is 0 Å². The first kappa shape index (κ1) is 10.7. The van der Waals surface area contributed by atoms with Crippen LogP contribution in [0.2, 0.25) is 0 Å². The highest BCUT2D eigenvalue weighted by Gasteiger charge is 2.31. The molecule has 0 fully saturated rings. The predicted octanol–water partition coefficient (Wildman–Crippen LogP) is 1.49. The number of aryl methyl sites for hydroxylation is 1. The average molecular weight is 234 g/mol. The fourth-order valence-corrected chi connectivity index (χ4v) is 2.64. The maximum Gasteiger partial charge on any atom is 0.123 e. The fraction of sp³-hybridized carbons (Fsp3) is 0.385. The Morgan fingerprint density at radius 1 is 1.47 bits per heavy atom. The fourth-order valence-electron chi connectivity index (χ4n) is 2.64. The zero-order chi connectivity index (χ0) is 12.0. The van der Waals surface area contributed by atoms with Gasteiger partial charge in [-0.15, -0.1) is 0 Å². The Kier molecular flexibility index (Phi) is 2.24. The lowest BCUT2D eigenvalue weighted by Crippen LogP contribution is -2.48. The van der Waals surface area contributed by atoms with Crippen molar-refractivity contribution < 1.29 is 9.50 Å². The number of aliphatic hydroxyl groups is 1. The summed E-state index contributed by atoms with van der Waals surface area (Å²) < 4.78 is 13.3. The molecule has 1 aliphatic rings. The number of aromatic nitrogens is 1. The molecule has 0 radical (unpaired) electrons. The molecule has 0 saturated carbocycles. The standard InChI is InChI=1S/C13H15FN2O/c14-8-1-2-11-9(5-8)10-6-13(15,7-17)4-3-12(10)16-11/h1-2,5,16-17H,3-4,6-7,15H2. The molecule has 1 atom stereocenters. The minimum absolute atomic E-state index is 0.0333. The second kappa shape index (κ2) is 3.55. The quantitative estimate of drug-likeness (QED) is 0.700. The first-order chi connectivity index (χ1) is 8.11. The van der Waals surface area contributed by atoms with Gasteiger partial charge in [0.2, 0.25) is 0 Å². The van der Waals surface area contributed by atoms with Gasteiger partial charge in [-0.1, -0.05) is 0 Å². The van der Waals surface area contributed by atoms with Crippen LogP contribution in [0.25, 0.3) is 10.9 Å². The molecule has 90 valence electrons. The Hall–Kier alpha value is -1.39. The van der Waals surface area contributed by atoms with E-state index in [9.17, 15) is 9.50 Å². The Labute approximate surface area is 98.4 Å². The lowest BCUT2D eigenvalue weighted by Gasteiger charge is -2.31. The Balaban J connectivity index is 2.17. The third kappa shape index (κ3) is 1.64. The minimum atomic E-state index is -0.561. The van der Waals surface area contributed by atoms with Crippen LogP contribution in [0, 0.1) is 5.82 Å². The molecule has 2 aromatic rings. The molecular weight excluding hydrogens is 219 g/mol. The third-order valence-electron chi connectivity index (χ3n) is 3.67. The number of hydrogen-bond acceptors (Lipinski definition) is 2. The summed E-state index contributed by atoms with van der Waals surface area (Å²) in [5.74, 6) is -0.239. The third-order valence-corrected chi connectivity index (χ3v) is 3.67. The van der Waals surface area contributed by atoms with Crippen LogP contribution in [0.1, 0.15) is 17.7 Å². The first-order valence-corrected chi connectivity index (χ1v) is 5.80. The van der Waals surface area contributed by atoms with E-state index in [-0.39, 0.29) is 12.4 Å². The molecule has 1 aromatic heterocycles. The first-order valence-electron chi connectivity index (χ1n) is 5.80. The lowest BCUT2D eigenvalue weighted by molar-refractivity contribution is 0.181. The van der Waals surface area contributed by atoms with Crippen LogP contribution in [-0.4, -0.2) is 22.2 Å². The predicted molar refractivity (Wildman–Crippen MR) is 64.3 cm³/mol. The largest absolute Gasteiger partial charge is 0.394 e. The van der Waals surface area contributed by atoms with Crippen molar-refractivity contribution in [2.24, 2.45) is 5.73 Å². The van der Waals surface area contributed by atoms with Gasteiger partial charge in [-0.05, 0) is 43.0 Å². The van der Waals surface area contributed by atoms with E-state index in [4.69, 9.17) is 5.73 Å². The van der Waals surface area contributed by atoms with Crippen LogP contribution < -0.4 is 5.73 Å². The van der Waals surface area contributed by atoms with Crippen molar-refractivity contribution in [1.82, 2.24) is 4.98 Å². The molecule has 0 saturated heterocycles. The summed E-state index contributed by atoms with van der Waals surface area (Å²) >= 11 is 0. The van der Waals surface area contributed by atoms with Crippen LogP contribution in [0.4, 0.5) is 4.39 Å². The summed E-state index contributed by atoms with van der Waals surface area (Å²) in [7, 11) is 0. The summed E-state index contributed by atoms with van der Waals surface area (Å²) in [6, 6.07) is 4.74. The molecule has 0 aliphatic heterocycles. The number of aliphatic hydroxyl groups excluding tert-OH is 1. The van der Waals surface area contributed by atoms with E-state index in [0.29, 0.717) is 6.42 Å². The maximum atomic E-state index is 13.3. The number of H-pyrrole nitrogens is 1. The highest BCUT2D eigenvalue weighted by molar-refractivity contribution is 5.85. The number of halogens is 1. The smallest absolute Gasteiger partial charge is 0.123 e. The molecule has 0 amide bonds. The highest BCUT2D eigenvalue weighted by atomic mass is 19.1. The van der Waals surface area contributed by atoms with E-state index < -0.39 is 5.54 Å². The van der Waals surface area contributed by atoms with Gasteiger partial charge in [-0.2, -0.15) is 0 Å². The van der Waals surface area contributed by atoms with Crippen LogP contribution in [0.15, 0.2) is 18.2 Å². The van der Waals surface area contributed by atoms with Crippen molar-refractivity contribution >= 4 is 10.9 Å². The molecular formula is C13H15FN2O. The zero-order valence-electron chi connectivity index (χ0n) is 9.46. The Morgan fingerprint density at radius 2 is 2.29 bits per heavy atom. The molecule has 3 nitrogen and oxygen atoms in total. The van der Waals surface area contributed by atoms with Crippen molar-refractivity contribution in [1.29, 1.82) is 0 Å². The van der Waals surface area contributed by atoms with Gasteiger partial charge in [0, 0.05) is 22.1 Å². The molecule has 1 unspecified atom stereocenters. The van der Waals surface area contributed by atoms with Crippen molar-refractivity contribution in [2.45, 2.75) is 24.8 Å². The van der Waals surface area contributed by atoms with Gasteiger partial charge in [0.1, 0.15) is 5.82 Å². The highest BCUT2D eigenvalue weighted by Crippen LogP contribution is 2.32. The van der Waals surface area contributed by atoms with Crippen LogP contribution in [-0.2, 0) is 12.8 Å². The van der Waals surface area contributed by atoms with Gasteiger partial charge in [0.25, 0.3) is 0 Å². The van der Waals surface area contributed by atoms with Crippen molar-refractivity contribution in [3.8, 4) is 0 Å². The lowest BCUT2D eigenvalue weighted by atomic mass is 9.81. The molecule has 1 aliphatic carbocycles. The van der Waals surface area contributed by atoms with E-state index in [2.05, 4.69) is 4.98 Å². The molecule has 17 heavy (non-hydrogen) atoms. The number of fused-ring (bicyclic) bond motifs is 3. The Morgan fingerprint density at radius 3 is 3.06 bits per heavy atom. The van der Waals surface area contributed by atoms with Gasteiger partial charge >= 0.3 is 0 Å². The van der Waals surface area contributed by atoms with E-state index in [1.165, 1.54) is 12.1 Å². The summed E-state index contributed by atoms with van der Waals surface area (Å²) in [6.07, 6.45) is 2.16. The van der Waals surface area contributed by atoms with Crippen LogP contribution in [0.5, 0.6) is 0 Å². The topological polar surface area (TPSA) is 62.0 Å². The van der Waals surface area contributed by atoms with Crippen molar-refractivity contribution in [2.75, 3.05) is 6.61 Å². The molecule has 1 aromatic carbocycles. The molecule has 1 heterocycles. The number of aromatic amines is 1. The molecule has 4 N–H and O–H groups in total. The molecule has 0 spiro atoms. The summed E-state index contributed by atoms with van der Waals surface area (Å²) in [5.41, 5.74) is 8.67. The summed E-state index contributed by atoms with van der Waals surface area (Å²) in [6.45, 7) is -0.0333. The zero-order valence-corrected chi connectivity index (χ0v) is 9.46. The average Bonchev–Trinajstić information content (AvgIpc) is 2.67. The number of rotatable bonds is 1. The van der Waals surface area contributed by atoms with E-state index in [1.54, 1.807) is 6.07 Å². The molecule has 3 rings (SSSR count). The van der Waals surface area contributed by atoms with Gasteiger partial charge in [0.05, 0.1) is 6.61 Å². The number of hydrogen-bond donors (Lipinski definition) is 3. The van der Waals surface area contributed by atoms with Gasteiger partial charge < -0.3 is 15.8 Å². The number of nitrogens with one attached hydrogen (secondary N) is 1. The van der Waals surface area contributed by atoms with Gasteiger partial charge in [0.15, 0.2) is 0 Å². The maximum absolute atomic E-state index is 13.3. The Bertz CT molecular complexity index is 578. The van der Waals surface area contributed by atoms with Crippen LogP contribution >= 0.6 is 0 Å². The monoisotopic (exact) mass is 234 g/mol. The number of nitrogens with two attached hydrogens (primary N) is 1. The summed E-state index contributed by atoms with van der Waals surface area (Å²) in [5, 5.41) is 10.2. The second-order valence-corrected chi connectivity index (χ2v) is 4.97. The van der Waals surface area contributed by atoms with E-state index in [1.807, 2.05) is 0 Å². The molecule has 0 bridgehead atoms. The SMILES string of the molecule is NC1(CO)CCc2[nH]c3ccc(F)cc3c2C1. The van der Waals surface area contributed by atoms with Crippen molar-refractivity contribution in [3.63, 3.8) is 0 Å². The van der Waals surface area contributed by atoms with E-state index in [0.717, 1.165) is 35.0 Å². The normalized spacial score (nSPS) is 23.9.